The van der Waals surface area contributed by atoms with Crippen LogP contribution in [0.5, 0.6) is 0 Å². The number of hydrogen-bond acceptors (Lipinski definition) is 5. The summed E-state index contributed by atoms with van der Waals surface area (Å²) in [6, 6.07) is 4.58. The number of nitrogens with two attached hydrogens (primary N) is 1. The minimum Gasteiger partial charge on any atom is -0.390 e. The molecule has 3 aromatic rings. The zero-order valence-electron chi connectivity index (χ0n) is 15.6. The Morgan fingerprint density at radius 1 is 1.38 bits per heavy atom. The molecule has 1 amide bonds. The zero-order chi connectivity index (χ0) is 21.3. The lowest BCUT2D eigenvalue weighted by molar-refractivity contribution is 0.0914. The number of aliphatic hydroxyl groups excluding tert-OH is 1. The Hall–Kier alpha value is -2.33. The molecular formula is C19H19ClF2N4O2S. The highest BCUT2D eigenvalue weighted by atomic mass is 35.5. The van der Waals surface area contributed by atoms with E-state index in [9.17, 15) is 18.7 Å². The number of aromatic nitrogens is 2. The summed E-state index contributed by atoms with van der Waals surface area (Å²) in [6.45, 7) is 3.28. The van der Waals surface area contributed by atoms with Crippen molar-refractivity contribution >= 4 is 28.8 Å². The molecule has 0 spiro atoms. The van der Waals surface area contributed by atoms with Gasteiger partial charge in [0.05, 0.1) is 18.3 Å². The van der Waals surface area contributed by atoms with Crippen molar-refractivity contribution in [3.05, 3.63) is 62.7 Å². The van der Waals surface area contributed by atoms with Crippen LogP contribution in [0.1, 0.15) is 41.1 Å². The Kier molecular flexibility index (Phi) is 6.04. The molecular weight excluding hydrogens is 422 g/mol. The van der Waals surface area contributed by atoms with Crippen molar-refractivity contribution in [2.24, 2.45) is 5.73 Å². The molecule has 0 unspecified atom stereocenters. The summed E-state index contributed by atoms with van der Waals surface area (Å²) in [5, 5.41) is 13.7. The fraction of sp³-hybridized carbons (Fsp3) is 0.263. The summed E-state index contributed by atoms with van der Waals surface area (Å²) in [4.78, 5) is 19.9. The van der Waals surface area contributed by atoms with Gasteiger partial charge in [0.1, 0.15) is 27.4 Å². The number of rotatable bonds is 6. The van der Waals surface area contributed by atoms with E-state index < -0.39 is 34.1 Å². The zero-order valence-corrected chi connectivity index (χ0v) is 17.2. The van der Waals surface area contributed by atoms with Crippen LogP contribution in [0.25, 0.3) is 11.3 Å². The fourth-order valence-corrected chi connectivity index (χ4v) is 3.87. The van der Waals surface area contributed by atoms with Crippen molar-refractivity contribution in [2.75, 3.05) is 0 Å². The number of nitrogens with zero attached hydrogens (tertiary/aromatic N) is 1. The SMILES string of the molecule is CC(C)(N)[C@H](NC(=O)c1ccc(-c2cc(F)c(Cl)c(F)c2)[nH]1)c1nc(CO)cs1. The Balaban J connectivity index is 1.85. The van der Waals surface area contributed by atoms with E-state index in [2.05, 4.69) is 15.3 Å². The van der Waals surface area contributed by atoms with E-state index in [0.29, 0.717) is 16.4 Å². The van der Waals surface area contributed by atoms with Gasteiger partial charge in [-0.3, -0.25) is 4.79 Å². The first-order valence-corrected chi connectivity index (χ1v) is 9.84. The molecule has 154 valence electrons. The highest BCUT2D eigenvalue weighted by molar-refractivity contribution is 7.09. The van der Waals surface area contributed by atoms with Crippen molar-refractivity contribution in [2.45, 2.75) is 32.0 Å². The summed E-state index contributed by atoms with van der Waals surface area (Å²) in [5.41, 5.74) is 6.62. The van der Waals surface area contributed by atoms with Crippen molar-refractivity contribution in [3.8, 4) is 11.3 Å². The summed E-state index contributed by atoms with van der Waals surface area (Å²) in [5.74, 6) is -2.25. The van der Waals surface area contributed by atoms with Crippen molar-refractivity contribution < 1.29 is 18.7 Å². The molecule has 0 saturated carbocycles. The number of carbonyl (C=O) groups is 1. The maximum Gasteiger partial charge on any atom is 0.268 e. The molecule has 5 N–H and O–H groups in total. The minimum atomic E-state index is -0.893. The van der Waals surface area contributed by atoms with Gasteiger partial charge in [0.25, 0.3) is 5.91 Å². The normalized spacial score (nSPS) is 12.8. The maximum absolute atomic E-state index is 13.7. The molecule has 0 radical (unpaired) electrons. The molecule has 3 rings (SSSR count). The first-order chi connectivity index (χ1) is 13.6. The topological polar surface area (TPSA) is 104 Å². The number of H-pyrrole nitrogens is 1. The van der Waals surface area contributed by atoms with E-state index in [1.54, 1.807) is 19.2 Å². The van der Waals surface area contributed by atoms with Crippen LogP contribution < -0.4 is 11.1 Å². The summed E-state index contributed by atoms with van der Waals surface area (Å²) in [6.07, 6.45) is 0. The number of amides is 1. The standard InChI is InChI=1S/C19H19ClF2N4O2S/c1-19(2,23)16(18-24-10(7-27)8-29-18)26-17(28)14-4-3-13(25-14)9-5-11(21)15(20)12(22)6-9/h3-6,8,16,25,27H,7,23H2,1-2H3,(H,26,28)/t16-/m1/s1. The molecule has 0 aliphatic heterocycles. The van der Waals surface area contributed by atoms with E-state index in [-0.39, 0.29) is 17.9 Å². The number of nitrogens with one attached hydrogen (secondary N) is 2. The molecule has 6 nitrogen and oxygen atoms in total. The van der Waals surface area contributed by atoms with Gasteiger partial charge in [-0.25, -0.2) is 13.8 Å². The smallest absolute Gasteiger partial charge is 0.268 e. The number of aromatic amines is 1. The third-order valence-electron chi connectivity index (χ3n) is 4.22. The van der Waals surface area contributed by atoms with Crippen LogP contribution >= 0.6 is 22.9 Å². The lowest BCUT2D eigenvalue weighted by Gasteiger charge is -2.29. The molecule has 2 heterocycles. The average molecular weight is 441 g/mol. The van der Waals surface area contributed by atoms with Crippen molar-refractivity contribution in [1.82, 2.24) is 15.3 Å². The second-order valence-electron chi connectivity index (χ2n) is 7.10. The molecule has 0 fully saturated rings. The Bertz CT molecular complexity index is 1020. The minimum absolute atomic E-state index is 0.184. The molecule has 0 aliphatic carbocycles. The number of thiazole rings is 1. The van der Waals surface area contributed by atoms with E-state index in [0.717, 1.165) is 12.1 Å². The van der Waals surface area contributed by atoms with Crippen LogP contribution in [-0.2, 0) is 6.61 Å². The predicted octanol–water partition coefficient (Wildman–Crippen LogP) is 3.77. The van der Waals surface area contributed by atoms with Crippen molar-refractivity contribution in [3.63, 3.8) is 0 Å². The Labute approximate surface area is 174 Å². The lowest BCUT2D eigenvalue weighted by atomic mass is 9.96. The van der Waals surface area contributed by atoms with Gasteiger partial charge >= 0.3 is 0 Å². The first kappa shape index (κ1) is 21.4. The molecule has 1 atom stereocenters. The van der Waals surface area contributed by atoms with Crippen LogP contribution in [0, 0.1) is 11.6 Å². The molecule has 0 saturated heterocycles. The third-order valence-corrected chi connectivity index (χ3v) is 5.54. The van der Waals surface area contributed by atoms with Crippen LogP contribution in [0.3, 0.4) is 0 Å². The molecule has 2 aromatic heterocycles. The second-order valence-corrected chi connectivity index (χ2v) is 8.37. The summed E-state index contributed by atoms with van der Waals surface area (Å²) < 4.78 is 27.4. The fourth-order valence-electron chi connectivity index (χ4n) is 2.71. The van der Waals surface area contributed by atoms with E-state index >= 15 is 0 Å². The van der Waals surface area contributed by atoms with E-state index in [1.807, 2.05) is 0 Å². The highest BCUT2D eigenvalue weighted by Crippen LogP contribution is 2.29. The Morgan fingerprint density at radius 2 is 2.03 bits per heavy atom. The molecule has 1 aromatic carbocycles. The number of halogens is 3. The molecule has 0 bridgehead atoms. The molecule has 29 heavy (non-hydrogen) atoms. The van der Waals surface area contributed by atoms with Crippen LogP contribution in [-0.4, -0.2) is 26.5 Å². The van der Waals surface area contributed by atoms with Gasteiger partial charge in [-0.1, -0.05) is 11.6 Å². The van der Waals surface area contributed by atoms with E-state index in [4.69, 9.17) is 17.3 Å². The van der Waals surface area contributed by atoms with Gasteiger partial charge in [-0.15, -0.1) is 11.3 Å². The van der Waals surface area contributed by atoms with Gasteiger partial charge < -0.3 is 21.1 Å². The number of benzene rings is 1. The van der Waals surface area contributed by atoms with Gasteiger partial charge in [-0.2, -0.15) is 0 Å². The number of aliphatic hydroxyl groups is 1. The second kappa shape index (κ2) is 8.19. The van der Waals surface area contributed by atoms with Crippen LogP contribution in [0.4, 0.5) is 8.78 Å². The quantitative estimate of drug-likeness (QED) is 0.438. The largest absolute Gasteiger partial charge is 0.390 e. The third kappa shape index (κ3) is 4.64. The predicted molar refractivity (Wildman–Crippen MR) is 108 cm³/mol. The Morgan fingerprint density at radius 3 is 2.59 bits per heavy atom. The van der Waals surface area contributed by atoms with Gasteiger partial charge in [0, 0.05) is 22.2 Å². The monoisotopic (exact) mass is 440 g/mol. The molecule has 0 aliphatic rings. The van der Waals surface area contributed by atoms with Gasteiger partial charge in [-0.05, 0) is 38.1 Å². The number of carbonyl (C=O) groups excluding carboxylic acids is 1. The number of hydrogen-bond donors (Lipinski definition) is 4. The van der Waals surface area contributed by atoms with Crippen LogP contribution in [0.15, 0.2) is 29.6 Å². The maximum atomic E-state index is 13.7. The highest BCUT2D eigenvalue weighted by Gasteiger charge is 2.31. The van der Waals surface area contributed by atoms with Crippen LogP contribution in [0.2, 0.25) is 5.02 Å². The summed E-state index contributed by atoms with van der Waals surface area (Å²) >= 11 is 6.79. The van der Waals surface area contributed by atoms with Gasteiger partial charge in [0.2, 0.25) is 0 Å². The summed E-state index contributed by atoms with van der Waals surface area (Å²) in [7, 11) is 0. The molecule has 10 heteroatoms. The lowest BCUT2D eigenvalue weighted by Crippen LogP contribution is -2.48. The van der Waals surface area contributed by atoms with Crippen molar-refractivity contribution in [1.29, 1.82) is 0 Å². The average Bonchev–Trinajstić information content (AvgIpc) is 3.32. The first-order valence-electron chi connectivity index (χ1n) is 8.59. The van der Waals surface area contributed by atoms with Gasteiger partial charge in [0.15, 0.2) is 0 Å². The van der Waals surface area contributed by atoms with E-state index in [1.165, 1.54) is 23.5 Å².